The predicted octanol–water partition coefficient (Wildman–Crippen LogP) is 4.34. The smallest absolute Gasteiger partial charge is 0.0410 e. The van der Waals surface area contributed by atoms with Gasteiger partial charge >= 0.3 is 0 Å². The molecule has 17 heavy (non-hydrogen) atoms. The summed E-state index contributed by atoms with van der Waals surface area (Å²) in [6.45, 7) is 2.02. The van der Waals surface area contributed by atoms with Crippen molar-refractivity contribution >= 4 is 39.3 Å². The van der Waals surface area contributed by atoms with Crippen LogP contribution in [0.5, 0.6) is 0 Å². The van der Waals surface area contributed by atoms with Gasteiger partial charge in [0.15, 0.2) is 0 Å². The Balaban J connectivity index is 1.79. The second kappa shape index (κ2) is 7.03. The highest BCUT2D eigenvalue weighted by molar-refractivity contribution is 9.10. The van der Waals surface area contributed by atoms with Crippen LogP contribution in [-0.4, -0.2) is 18.1 Å². The van der Waals surface area contributed by atoms with Crippen molar-refractivity contribution in [2.24, 2.45) is 5.92 Å². The molecule has 1 aliphatic rings. The van der Waals surface area contributed by atoms with Gasteiger partial charge in [0.1, 0.15) is 0 Å². The van der Waals surface area contributed by atoms with Crippen molar-refractivity contribution in [3.8, 4) is 0 Å². The van der Waals surface area contributed by atoms with Crippen molar-refractivity contribution in [3.05, 3.63) is 33.3 Å². The van der Waals surface area contributed by atoms with E-state index >= 15 is 0 Å². The summed E-state index contributed by atoms with van der Waals surface area (Å²) >= 11 is 11.6. The van der Waals surface area contributed by atoms with E-state index in [-0.39, 0.29) is 0 Å². The summed E-state index contributed by atoms with van der Waals surface area (Å²) in [5.41, 5.74) is 1.24. The highest BCUT2D eigenvalue weighted by Crippen LogP contribution is 2.23. The van der Waals surface area contributed by atoms with Gasteiger partial charge in [-0.25, -0.2) is 0 Å². The highest BCUT2D eigenvalue weighted by atomic mass is 79.9. The Kier molecular flexibility index (Phi) is 5.67. The van der Waals surface area contributed by atoms with Gasteiger partial charge in [0.2, 0.25) is 0 Å². The van der Waals surface area contributed by atoms with E-state index in [0.717, 1.165) is 28.5 Å². The van der Waals surface area contributed by atoms with Gasteiger partial charge in [-0.05, 0) is 60.6 Å². The van der Waals surface area contributed by atoms with E-state index in [1.807, 2.05) is 18.2 Å². The molecule has 1 nitrogen and oxygen atoms in total. The molecule has 0 bridgehead atoms. The molecule has 2 rings (SSSR count). The maximum absolute atomic E-state index is 5.99. The molecule has 1 N–H and O–H groups in total. The minimum absolute atomic E-state index is 0.805. The average Bonchev–Trinajstić information content (AvgIpc) is 2.35. The minimum Gasteiger partial charge on any atom is -0.312 e. The molecule has 4 heteroatoms. The van der Waals surface area contributed by atoms with Crippen LogP contribution in [0.1, 0.15) is 18.4 Å². The third-order valence-corrected chi connectivity index (χ3v) is 5.15. The molecule has 94 valence electrons. The van der Waals surface area contributed by atoms with Gasteiger partial charge in [-0.1, -0.05) is 27.5 Å². The number of thioether (sulfide) groups is 1. The maximum Gasteiger partial charge on any atom is 0.0410 e. The van der Waals surface area contributed by atoms with Gasteiger partial charge in [-0.2, -0.15) is 11.8 Å². The molecule has 1 aromatic carbocycles. The number of rotatable bonds is 4. The summed E-state index contributed by atoms with van der Waals surface area (Å²) in [5.74, 6) is 3.51. The summed E-state index contributed by atoms with van der Waals surface area (Å²) in [4.78, 5) is 0. The quantitative estimate of drug-likeness (QED) is 0.879. The van der Waals surface area contributed by atoms with Crippen molar-refractivity contribution in [3.63, 3.8) is 0 Å². The number of hydrogen-bond acceptors (Lipinski definition) is 2. The molecule has 0 saturated carbocycles. The van der Waals surface area contributed by atoms with E-state index in [9.17, 15) is 0 Å². The lowest BCUT2D eigenvalue weighted by atomic mass is 10.0. The number of halogens is 2. The molecule has 0 spiro atoms. The monoisotopic (exact) mass is 333 g/mol. The van der Waals surface area contributed by atoms with Crippen LogP contribution in [0.25, 0.3) is 0 Å². The molecule has 0 aliphatic carbocycles. The number of hydrogen-bond donors (Lipinski definition) is 1. The number of nitrogens with one attached hydrogen (secondary N) is 1. The van der Waals surface area contributed by atoms with Crippen LogP contribution in [0.15, 0.2) is 22.7 Å². The van der Waals surface area contributed by atoms with Crippen LogP contribution in [0, 0.1) is 5.92 Å². The topological polar surface area (TPSA) is 12.0 Å². The maximum atomic E-state index is 5.99. The van der Waals surface area contributed by atoms with Gasteiger partial charge in [-0.15, -0.1) is 0 Å². The van der Waals surface area contributed by atoms with Crippen LogP contribution < -0.4 is 5.32 Å². The molecule has 1 aliphatic heterocycles. The SMILES string of the molecule is Clc1ccc(Br)c(CNCC2CCSCC2)c1. The lowest BCUT2D eigenvalue weighted by Crippen LogP contribution is -2.25. The molecule has 0 radical (unpaired) electrons. The molecular weight excluding hydrogens is 318 g/mol. The molecule has 0 atom stereocenters. The second-order valence-electron chi connectivity index (χ2n) is 4.42. The Morgan fingerprint density at radius 1 is 1.35 bits per heavy atom. The summed E-state index contributed by atoms with van der Waals surface area (Å²) < 4.78 is 1.13. The number of benzene rings is 1. The van der Waals surface area contributed by atoms with E-state index in [2.05, 4.69) is 33.0 Å². The zero-order valence-corrected chi connectivity index (χ0v) is 12.9. The molecule has 0 unspecified atom stereocenters. The van der Waals surface area contributed by atoms with Crippen molar-refractivity contribution < 1.29 is 0 Å². The van der Waals surface area contributed by atoms with E-state index < -0.39 is 0 Å². The fraction of sp³-hybridized carbons (Fsp3) is 0.538. The fourth-order valence-electron chi connectivity index (χ4n) is 2.04. The highest BCUT2D eigenvalue weighted by Gasteiger charge is 2.13. The first-order valence-corrected chi connectivity index (χ1v) is 8.30. The van der Waals surface area contributed by atoms with Crippen LogP contribution in [0.4, 0.5) is 0 Å². The minimum atomic E-state index is 0.805. The fourth-order valence-corrected chi connectivity index (χ4v) is 3.83. The van der Waals surface area contributed by atoms with E-state index in [1.54, 1.807) is 0 Å². The summed E-state index contributed by atoms with van der Waals surface area (Å²) in [5, 5.41) is 4.35. The summed E-state index contributed by atoms with van der Waals surface area (Å²) in [6, 6.07) is 5.94. The zero-order chi connectivity index (χ0) is 12.1. The van der Waals surface area contributed by atoms with E-state index in [4.69, 9.17) is 11.6 Å². The van der Waals surface area contributed by atoms with Crippen molar-refractivity contribution in [2.45, 2.75) is 19.4 Å². The predicted molar refractivity (Wildman–Crippen MR) is 80.9 cm³/mol. The van der Waals surface area contributed by atoms with Crippen molar-refractivity contribution in [1.82, 2.24) is 5.32 Å². The Bertz CT molecular complexity index is 366. The molecule has 1 aromatic rings. The molecular formula is C13H17BrClNS. The Morgan fingerprint density at radius 2 is 2.12 bits per heavy atom. The summed E-state index contributed by atoms with van der Waals surface area (Å²) in [6.07, 6.45) is 2.71. The Labute approximate surface area is 121 Å². The first-order chi connectivity index (χ1) is 8.25. The molecule has 0 amide bonds. The Morgan fingerprint density at radius 3 is 2.88 bits per heavy atom. The second-order valence-corrected chi connectivity index (χ2v) is 6.94. The molecule has 1 heterocycles. The Hall–Kier alpha value is 0.300. The lowest BCUT2D eigenvalue weighted by molar-refractivity contribution is 0.447. The third-order valence-electron chi connectivity index (χ3n) is 3.10. The standard InChI is InChI=1S/C13H17BrClNS/c14-13-2-1-12(15)7-11(13)9-16-8-10-3-5-17-6-4-10/h1-2,7,10,16H,3-6,8-9H2. The molecule has 0 aromatic heterocycles. The normalized spacial score (nSPS) is 17.3. The van der Waals surface area contributed by atoms with Gasteiger partial charge in [0.05, 0.1) is 0 Å². The van der Waals surface area contributed by atoms with E-state index in [1.165, 1.54) is 29.9 Å². The summed E-state index contributed by atoms with van der Waals surface area (Å²) in [7, 11) is 0. The van der Waals surface area contributed by atoms with Crippen LogP contribution in [0.3, 0.4) is 0 Å². The lowest BCUT2D eigenvalue weighted by Gasteiger charge is -2.21. The van der Waals surface area contributed by atoms with Crippen molar-refractivity contribution in [1.29, 1.82) is 0 Å². The van der Waals surface area contributed by atoms with Gasteiger partial charge in [0, 0.05) is 16.0 Å². The first kappa shape index (κ1) is 13.7. The van der Waals surface area contributed by atoms with Crippen LogP contribution in [0.2, 0.25) is 5.02 Å². The van der Waals surface area contributed by atoms with Crippen LogP contribution >= 0.6 is 39.3 Å². The van der Waals surface area contributed by atoms with Crippen molar-refractivity contribution in [2.75, 3.05) is 18.1 Å². The molecule has 1 fully saturated rings. The largest absolute Gasteiger partial charge is 0.312 e. The van der Waals surface area contributed by atoms with Crippen LogP contribution in [-0.2, 0) is 6.54 Å². The van der Waals surface area contributed by atoms with Gasteiger partial charge < -0.3 is 5.32 Å². The van der Waals surface area contributed by atoms with Gasteiger partial charge in [0.25, 0.3) is 0 Å². The van der Waals surface area contributed by atoms with Gasteiger partial charge in [-0.3, -0.25) is 0 Å². The first-order valence-electron chi connectivity index (χ1n) is 5.98. The zero-order valence-electron chi connectivity index (χ0n) is 9.72. The third kappa shape index (κ3) is 4.47. The average molecular weight is 335 g/mol. The van der Waals surface area contributed by atoms with E-state index in [0.29, 0.717) is 0 Å². The molecule has 1 saturated heterocycles.